The summed E-state index contributed by atoms with van der Waals surface area (Å²) in [6, 6.07) is 31.5. The van der Waals surface area contributed by atoms with Crippen LogP contribution in [0.15, 0.2) is 97.1 Å². The van der Waals surface area contributed by atoms with Gasteiger partial charge in [0.1, 0.15) is 17.2 Å². The van der Waals surface area contributed by atoms with E-state index >= 15 is 0 Å². The maximum atomic E-state index is 11.7. The van der Waals surface area contributed by atoms with Gasteiger partial charge in [-0.05, 0) is 53.4 Å². The molecule has 0 spiro atoms. The third-order valence-electron chi connectivity index (χ3n) is 5.63. The van der Waals surface area contributed by atoms with Crippen molar-refractivity contribution in [3.05, 3.63) is 103 Å². The van der Waals surface area contributed by atoms with E-state index in [0.717, 1.165) is 22.3 Å². The quantitative estimate of drug-likeness (QED) is 0.251. The predicted octanol–water partition coefficient (Wildman–Crippen LogP) is 6.17. The molecule has 4 rings (SSSR count). The van der Waals surface area contributed by atoms with Gasteiger partial charge in [-0.1, -0.05) is 66.7 Å². The number of carbonyl (C=O) groups excluding carboxylic acids is 2. The largest absolute Gasteiger partial charge is 0.493 e. The van der Waals surface area contributed by atoms with Crippen molar-refractivity contribution in [1.29, 1.82) is 0 Å². The minimum atomic E-state index is -0.480. The molecule has 6 nitrogen and oxygen atoms in total. The number of benzene rings is 4. The zero-order valence-electron chi connectivity index (χ0n) is 20.7. The molecule has 6 heteroatoms. The Morgan fingerprint density at radius 2 is 1.35 bits per heavy atom. The lowest BCUT2D eigenvalue weighted by molar-refractivity contribution is -0.143. The van der Waals surface area contributed by atoms with Crippen LogP contribution in [-0.4, -0.2) is 25.1 Å². The highest BCUT2D eigenvalue weighted by atomic mass is 16.5. The maximum Gasteiger partial charge on any atom is 0.309 e. The molecule has 0 bridgehead atoms. The second kappa shape index (κ2) is 12.4. The van der Waals surface area contributed by atoms with Gasteiger partial charge >= 0.3 is 5.97 Å². The first kappa shape index (κ1) is 25.5. The number of ether oxygens (including phenoxy) is 3. The topological polar surface area (TPSA) is 87.8 Å². The smallest absolute Gasteiger partial charge is 0.309 e. The molecule has 0 atom stereocenters. The molecule has 0 saturated heterocycles. The van der Waals surface area contributed by atoms with Gasteiger partial charge in [0.25, 0.3) is 0 Å². The van der Waals surface area contributed by atoms with Gasteiger partial charge in [-0.15, -0.1) is 0 Å². The van der Waals surface area contributed by atoms with Crippen molar-refractivity contribution in [2.24, 2.45) is 5.73 Å². The van der Waals surface area contributed by atoms with Crippen LogP contribution in [0, 0.1) is 0 Å². The fraction of sp³-hybridized carbons (Fsp3) is 0.161. The molecule has 0 aliphatic rings. The van der Waals surface area contributed by atoms with Gasteiger partial charge in [-0.25, -0.2) is 0 Å². The molecule has 0 saturated carbocycles. The van der Waals surface area contributed by atoms with Gasteiger partial charge in [0.15, 0.2) is 0 Å². The Morgan fingerprint density at radius 3 is 1.92 bits per heavy atom. The summed E-state index contributed by atoms with van der Waals surface area (Å²) in [5.74, 6) is 0.788. The first-order chi connectivity index (χ1) is 18.0. The summed E-state index contributed by atoms with van der Waals surface area (Å²) in [4.78, 5) is 23.3. The summed E-state index contributed by atoms with van der Waals surface area (Å²) < 4.78 is 17.1. The molecule has 4 aromatic rings. The lowest BCUT2D eigenvalue weighted by atomic mass is 9.98. The van der Waals surface area contributed by atoms with Crippen LogP contribution in [0.3, 0.4) is 0 Å². The van der Waals surface area contributed by atoms with Crippen molar-refractivity contribution in [3.63, 3.8) is 0 Å². The van der Waals surface area contributed by atoms with Gasteiger partial charge in [0, 0.05) is 11.6 Å². The normalized spacial score (nSPS) is 10.5. The Morgan fingerprint density at radius 1 is 0.730 bits per heavy atom. The molecule has 0 unspecified atom stereocenters. The third kappa shape index (κ3) is 7.21. The molecule has 0 fully saturated rings. The molecule has 0 heterocycles. The van der Waals surface area contributed by atoms with E-state index in [9.17, 15) is 9.59 Å². The number of primary amides is 1. The number of hydrogen-bond donors (Lipinski definition) is 1. The Kier molecular flexibility index (Phi) is 8.55. The first-order valence-electron chi connectivity index (χ1n) is 12.1. The van der Waals surface area contributed by atoms with Crippen molar-refractivity contribution in [2.45, 2.75) is 19.8 Å². The lowest BCUT2D eigenvalue weighted by Gasteiger charge is -2.15. The summed E-state index contributed by atoms with van der Waals surface area (Å²) in [7, 11) is 0. The highest BCUT2D eigenvalue weighted by Crippen LogP contribution is 2.35. The van der Waals surface area contributed by atoms with Gasteiger partial charge < -0.3 is 19.9 Å². The van der Waals surface area contributed by atoms with Gasteiger partial charge in [0.2, 0.25) is 5.91 Å². The molecule has 2 N–H and O–H groups in total. The molecule has 0 radical (unpaired) electrons. The summed E-state index contributed by atoms with van der Waals surface area (Å²) in [5, 5.41) is 0. The van der Waals surface area contributed by atoms with Crippen LogP contribution in [0.2, 0.25) is 0 Å². The third-order valence-corrected chi connectivity index (χ3v) is 5.63. The predicted molar refractivity (Wildman–Crippen MR) is 143 cm³/mol. The van der Waals surface area contributed by atoms with E-state index in [1.807, 2.05) is 48.5 Å². The van der Waals surface area contributed by atoms with Crippen LogP contribution < -0.4 is 15.2 Å². The molecule has 0 aliphatic heterocycles. The first-order valence-corrected chi connectivity index (χ1v) is 12.1. The van der Waals surface area contributed by atoms with Crippen molar-refractivity contribution >= 4 is 11.9 Å². The van der Waals surface area contributed by atoms with Crippen LogP contribution in [0.4, 0.5) is 0 Å². The number of carbonyl (C=O) groups is 2. The van der Waals surface area contributed by atoms with E-state index in [0.29, 0.717) is 29.4 Å². The summed E-state index contributed by atoms with van der Waals surface area (Å²) in [6.45, 7) is 2.17. The Labute approximate surface area is 216 Å². The van der Waals surface area contributed by atoms with Crippen LogP contribution in [0.5, 0.6) is 17.2 Å². The van der Waals surface area contributed by atoms with Crippen molar-refractivity contribution in [3.8, 4) is 39.5 Å². The molecule has 37 heavy (non-hydrogen) atoms. The zero-order valence-corrected chi connectivity index (χ0v) is 20.7. The second-order valence-corrected chi connectivity index (χ2v) is 8.40. The van der Waals surface area contributed by atoms with Crippen LogP contribution >= 0.6 is 0 Å². The van der Waals surface area contributed by atoms with E-state index < -0.39 is 5.91 Å². The highest BCUT2D eigenvalue weighted by molar-refractivity contribution is 5.78. The fourth-order valence-electron chi connectivity index (χ4n) is 3.93. The van der Waals surface area contributed by atoms with E-state index in [4.69, 9.17) is 19.9 Å². The van der Waals surface area contributed by atoms with E-state index in [1.54, 1.807) is 25.1 Å². The van der Waals surface area contributed by atoms with E-state index in [-0.39, 0.29) is 25.4 Å². The average molecular weight is 496 g/mol. The van der Waals surface area contributed by atoms with Crippen LogP contribution in [0.1, 0.15) is 18.9 Å². The average Bonchev–Trinajstić information content (AvgIpc) is 2.91. The van der Waals surface area contributed by atoms with Crippen molar-refractivity contribution in [1.82, 2.24) is 0 Å². The Bertz CT molecular complexity index is 1300. The Hall–Kier alpha value is -4.58. The molecule has 4 aromatic carbocycles. The standard InChI is InChI=1S/C31H29NO5/c1-2-35-31(34)15-16-36-29-21-27(14-13-24(29)20-30(32)33)37-28-18-25(22-9-5-3-6-10-22)17-26(19-28)23-11-7-4-8-12-23/h3-14,17-19,21H,2,15-16,20H2,1H3,(H2,32,33). The number of nitrogens with two attached hydrogens (primary N) is 1. The zero-order chi connectivity index (χ0) is 26.0. The van der Waals surface area contributed by atoms with Gasteiger partial charge in [0.05, 0.1) is 26.1 Å². The summed E-state index contributed by atoms with van der Waals surface area (Å²) in [6.07, 6.45) is 0.102. The van der Waals surface area contributed by atoms with Gasteiger partial charge in [-0.3, -0.25) is 9.59 Å². The van der Waals surface area contributed by atoms with Crippen molar-refractivity contribution in [2.75, 3.05) is 13.2 Å². The van der Waals surface area contributed by atoms with Gasteiger partial charge in [-0.2, -0.15) is 0 Å². The number of amides is 1. The highest BCUT2D eigenvalue weighted by Gasteiger charge is 2.13. The molecular weight excluding hydrogens is 466 g/mol. The number of rotatable bonds is 11. The fourth-order valence-corrected chi connectivity index (χ4v) is 3.93. The monoisotopic (exact) mass is 495 g/mol. The van der Waals surface area contributed by atoms with Crippen LogP contribution in [-0.2, 0) is 20.7 Å². The second-order valence-electron chi connectivity index (χ2n) is 8.40. The number of esters is 1. The molecule has 188 valence electrons. The van der Waals surface area contributed by atoms with Crippen molar-refractivity contribution < 1.29 is 23.8 Å². The Balaban J connectivity index is 1.64. The lowest BCUT2D eigenvalue weighted by Crippen LogP contribution is -2.15. The minimum Gasteiger partial charge on any atom is -0.493 e. The number of hydrogen-bond acceptors (Lipinski definition) is 5. The molecule has 0 aliphatic carbocycles. The van der Waals surface area contributed by atoms with Crippen LogP contribution in [0.25, 0.3) is 22.3 Å². The summed E-state index contributed by atoms with van der Waals surface area (Å²) >= 11 is 0. The molecule has 0 aromatic heterocycles. The summed E-state index contributed by atoms with van der Waals surface area (Å²) in [5.41, 5.74) is 10.2. The maximum absolute atomic E-state index is 11.7. The minimum absolute atomic E-state index is 0.0106. The van der Waals surface area contributed by atoms with E-state index in [1.165, 1.54) is 0 Å². The van der Waals surface area contributed by atoms with E-state index in [2.05, 4.69) is 30.3 Å². The SMILES string of the molecule is CCOC(=O)CCOc1cc(Oc2cc(-c3ccccc3)cc(-c3ccccc3)c2)ccc1CC(N)=O. The molecular formula is C31H29NO5. The molecule has 1 amide bonds.